The van der Waals surface area contributed by atoms with Crippen molar-refractivity contribution in [2.24, 2.45) is 0 Å². The average molecular weight is 330 g/mol. The standard InChI is InChI=1S/C19H22O5/c1-3-6-19(22)17-9-4-7-16(18(17)13-20)8-5-10-23-11-12-24-14-15(2)21/h4,7,9,13H,3,6,10-12,14H2,1-2H3. The molecule has 0 radical (unpaired) electrons. The predicted molar refractivity (Wildman–Crippen MR) is 90.3 cm³/mol. The zero-order chi connectivity index (χ0) is 17.8. The molecule has 0 N–H and O–H groups in total. The van der Waals surface area contributed by atoms with Crippen LogP contribution in [0.15, 0.2) is 18.2 Å². The number of aldehydes is 1. The van der Waals surface area contributed by atoms with E-state index >= 15 is 0 Å². The second kappa shape index (κ2) is 11.3. The van der Waals surface area contributed by atoms with E-state index in [1.807, 2.05) is 6.92 Å². The molecule has 0 saturated heterocycles. The molecule has 1 aromatic carbocycles. The lowest BCUT2D eigenvalue weighted by molar-refractivity contribution is -0.121. The number of ether oxygens (including phenoxy) is 2. The zero-order valence-electron chi connectivity index (χ0n) is 14.1. The van der Waals surface area contributed by atoms with Crippen molar-refractivity contribution < 1.29 is 23.9 Å². The molecule has 0 heterocycles. The van der Waals surface area contributed by atoms with Crippen molar-refractivity contribution in [1.29, 1.82) is 0 Å². The molecule has 0 unspecified atom stereocenters. The minimum atomic E-state index is -0.0536. The highest BCUT2D eigenvalue weighted by Crippen LogP contribution is 2.15. The summed E-state index contributed by atoms with van der Waals surface area (Å²) in [5.74, 6) is 5.58. The van der Waals surface area contributed by atoms with Crippen LogP contribution >= 0.6 is 0 Å². The van der Waals surface area contributed by atoms with Gasteiger partial charge in [0.15, 0.2) is 17.9 Å². The summed E-state index contributed by atoms with van der Waals surface area (Å²) in [6.07, 6.45) is 1.80. The number of rotatable bonds is 10. The lowest BCUT2D eigenvalue weighted by Crippen LogP contribution is -2.09. The van der Waals surface area contributed by atoms with E-state index in [1.54, 1.807) is 18.2 Å². The topological polar surface area (TPSA) is 69.7 Å². The average Bonchev–Trinajstić information content (AvgIpc) is 2.56. The second-order valence-electron chi connectivity index (χ2n) is 5.17. The van der Waals surface area contributed by atoms with Crippen molar-refractivity contribution in [3.8, 4) is 11.8 Å². The van der Waals surface area contributed by atoms with Gasteiger partial charge in [-0.3, -0.25) is 14.4 Å². The molecule has 24 heavy (non-hydrogen) atoms. The van der Waals surface area contributed by atoms with E-state index < -0.39 is 0 Å². The number of carbonyl (C=O) groups is 3. The Bertz CT molecular complexity index is 637. The Kier molecular flexibility index (Phi) is 9.28. The highest BCUT2D eigenvalue weighted by atomic mass is 16.5. The number of ketones is 2. The van der Waals surface area contributed by atoms with E-state index in [0.717, 1.165) is 6.42 Å². The summed E-state index contributed by atoms with van der Waals surface area (Å²) in [6, 6.07) is 5.07. The van der Waals surface area contributed by atoms with E-state index in [9.17, 15) is 14.4 Å². The lowest BCUT2D eigenvalue weighted by atomic mass is 9.97. The SMILES string of the molecule is CCCC(=O)c1cccc(C#CCOCCOCC(C)=O)c1C=O. The summed E-state index contributed by atoms with van der Waals surface area (Å²) >= 11 is 0. The first-order valence-corrected chi connectivity index (χ1v) is 7.85. The van der Waals surface area contributed by atoms with Crippen molar-refractivity contribution in [2.45, 2.75) is 26.7 Å². The van der Waals surface area contributed by atoms with Crippen molar-refractivity contribution in [3.63, 3.8) is 0 Å². The van der Waals surface area contributed by atoms with Gasteiger partial charge in [-0.05, 0) is 19.4 Å². The third-order valence-corrected chi connectivity index (χ3v) is 3.08. The Morgan fingerprint density at radius 1 is 1.21 bits per heavy atom. The first kappa shape index (κ1) is 19.8. The molecule has 0 aliphatic heterocycles. The predicted octanol–water partition coefficient (Wildman–Crippen LogP) is 2.46. The van der Waals surface area contributed by atoms with Crippen LogP contribution in [0.5, 0.6) is 0 Å². The van der Waals surface area contributed by atoms with Crippen LogP contribution in [0.3, 0.4) is 0 Å². The van der Waals surface area contributed by atoms with E-state index in [0.29, 0.717) is 42.6 Å². The fraction of sp³-hybridized carbons (Fsp3) is 0.421. The Morgan fingerprint density at radius 2 is 1.96 bits per heavy atom. The number of benzene rings is 1. The maximum Gasteiger partial charge on any atom is 0.163 e. The number of hydrogen-bond acceptors (Lipinski definition) is 5. The first-order chi connectivity index (χ1) is 11.6. The quantitative estimate of drug-likeness (QED) is 0.285. The van der Waals surface area contributed by atoms with Gasteiger partial charge in [0, 0.05) is 23.1 Å². The highest BCUT2D eigenvalue weighted by molar-refractivity contribution is 6.03. The Balaban J connectivity index is 2.59. The summed E-state index contributed by atoms with van der Waals surface area (Å²) in [7, 11) is 0. The van der Waals surface area contributed by atoms with Gasteiger partial charge >= 0.3 is 0 Å². The summed E-state index contributed by atoms with van der Waals surface area (Å²) in [5, 5.41) is 0. The van der Waals surface area contributed by atoms with Gasteiger partial charge in [0.25, 0.3) is 0 Å². The maximum atomic E-state index is 12.0. The van der Waals surface area contributed by atoms with Crippen molar-refractivity contribution in [3.05, 3.63) is 34.9 Å². The molecule has 0 amide bonds. The van der Waals surface area contributed by atoms with Crippen molar-refractivity contribution in [1.82, 2.24) is 0 Å². The minimum Gasteiger partial charge on any atom is -0.371 e. The molecule has 1 rings (SSSR count). The monoisotopic (exact) mass is 330 g/mol. The molecule has 128 valence electrons. The molecule has 0 bridgehead atoms. The van der Waals surface area contributed by atoms with Gasteiger partial charge in [0.1, 0.15) is 13.2 Å². The van der Waals surface area contributed by atoms with Gasteiger partial charge in [0.05, 0.1) is 13.2 Å². The van der Waals surface area contributed by atoms with Crippen LogP contribution < -0.4 is 0 Å². The first-order valence-electron chi connectivity index (χ1n) is 7.85. The second-order valence-corrected chi connectivity index (χ2v) is 5.17. The van der Waals surface area contributed by atoms with Gasteiger partial charge in [0.2, 0.25) is 0 Å². The Labute approximate surface area is 142 Å². The van der Waals surface area contributed by atoms with Crippen LogP contribution in [0, 0.1) is 11.8 Å². The largest absolute Gasteiger partial charge is 0.371 e. The number of carbonyl (C=O) groups excluding carboxylic acids is 3. The Hall–Kier alpha value is -2.29. The van der Waals surface area contributed by atoms with E-state index in [1.165, 1.54) is 6.92 Å². The van der Waals surface area contributed by atoms with E-state index in [4.69, 9.17) is 9.47 Å². The van der Waals surface area contributed by atoms with Crippen LogP contribution in [-0.2, 0) is 14.3 Å². The van der Waals surface area contributed by atoms with Crippen LogP contribution in [0.25, 0.3) is 0 Å². The van der Waals surface area contributed by atoms with Crippen molar-refractivity contribution >= 4 is 17.9 Å². The van der Waals surface area contributed by atoms with Crippen LogP contribution in [0.2, 0.25) is 0 Å². The summed E-state index contributed by atoms with van der Waals surface area (Å²) in [6.45, 7) is 4.28. The smallest absolute Gasteiger partial charge is 0.163 e. The van der Waals surface area contributed by atoms with E-state index in [-0.39, 0.29) is 24.8 Å². The summed E-state index contributed by atoms with van der Waals surface area (Å²) < 4.78 is 10.3. The molecule has 5 nitrogen and oxygen atoms in total. The Morgan fingerprint density at radius 3 is 2.62 bits per heavy atom. The molecule has 0 aliphatic rings. The third kappa shape index (κ3) is 6.86. The molecule has 0 spiro atoms. The summed E-state index contributed by atoms with van der Waals surface area (Å²) in [5.41, 5.74) is 1.26. The molecule has 5 heteroatoms. The fourth-order valence-electron chi connectivity index (χ4n) is 1.99. The van der Waals surface area contributed by atoms with Crippen molar-refractivity contribution in [2.75, 3.05) is 26.4 Å². The van der Waals surface area contributed by atoms with E-state index in [2.05, 4.69) is 11.8 Å². The minimum absolute atomic E-state index is 0.0336. The molecule has 0 aromatic heterocycles. The summed E-state index contributed by atoms with van der Waals surface area (Å²) in [4.78, 5) is 34.0. The van der Waals surface area contributed by atoms with Gasteiger partial charge < -0.3 is 9.47 Å². The molecular weight excluding hydrogens is 308 g/mol. The van der Waals surface area contributed by atoms with Gasteiger partial charge in [-0.15, -0.1) is 0 Å². The number of Topliss-reactive ketones (excluding diaryl/α,β-unsaturated/α-hetero) is 2. The van der Waals surface area contributed by atoms with Crippen LogP contribution in [0.1, 0.15) is 53.0 Å². The number of hydrogen-bond donors (Lipinski definition) is 0. The van der Waals surface area contributed by atoms with Crippen LogP contribution in [0.4, 0.5) is 0 Å². The molecule has 1 aromatic rings. The molecule has 0 fully saturated rings. The fourth-order valence-corrected chi connectivity index (χ4v) is 1.99. The highest BCUT2D eigenvalue weighted by Gasteiger charge is 2.12. The molecule has 0 aliphatic carbocycles. The molecular formula is C19H22O5. The maximum absolute atomic E-state index is 12.0. The molecule has 0 saturated carbocycles. The molecule has 0 atom stereocenters. The van der Waals surface area contributed by atoms with Gasteiger partial charge in [-0.1, -0.05) is 30.9 Å². The third-order valence-electron chi connectivity index (χ3n) is 3.08. The van der Waals surface area contributed by atoms with Gasteiger partial charge in [-0.25, -0.2) is 0 Å². The normalized spacial score (nSPS) is 9.92. The van der Waals surface area contributed by atoms with Gasteiger partial charge in [-0.2, -0.15) is 0 Å². The lowest BCUT2D eigenvalue weighted by Gasteiger charge is -2.05. The zero-order valence-corrected chi connectivity index (χ0v) is 14.1. The van der Waals surface area contributed by atoms with Crippen LogP contribution in [-0.4, -0.2) is 44.3 Å².